The molecule has 0 saturated heterocycles. The minimum Gasteiger partial charge on any atom is -0.744 e. The average molecular weight is 941 g/mol. The van der Waals surface area contributed by atoms with Crippen LogP contribution < -0.4 is 4.90 Å². The number of hydrogen-bond acceptors (Lipinski definition) is 13. The summed E-state index contributed by atoms with van der Waals surface area (Å²) in [5.41, 5.74) is 2.32. The lowest BCUT2D eigenvalue weighted by Gasteiger charge is -2.30. The smallest absolute Gasteiger partial charge is 0.303 e. The molecule has 17 nitrogen and oxygen atoms in total. The minimum atomic E-state index is -4.80. The standard InChI is InChI=1S/C43H60N2O15S3/c1-5-44-37-18-16-33(62(51,52)53)31-35(37)42(2,20-12-30-61(48,49)50)39(44)13-8-6-9-14-40-43(3,21-23-58-26-27-60-29-28-59-25-24-57-4)36-32-34(63(54,55)56)17-19-38(36)45(40)22-11-7-10-15-41(46)47/h6,8-9,13-14,16-19,31-32H,5,7,10-12,15,20-30H2,1-4H3,(H3-,46,47,48,49,50,51,52,53,54,55,56). The number of benzene rings is 2. The number of carbonyl (C=O) groups is 1. The molecular weight excluding hydrogens is 881 g/mol. The minimum absolute atomic E-state index is 0.0315. The Morgan fingerprint density at radius 3 is 2.02 bits per heavy atom. The van der Waals surface area contributed by atoms with Gasteiger partial charge in [0, 0.05) is 67.6 Å². The summed E-state index contributed by atoms with van der Waals surface area (Å²) in [5, 5.41) is 9.18. The van der Waals surface area contributed by atoms with Crippen molar-refractivity contribution in [3.05, 3.63) is 83.6 Å². The van der Waals surface area contributed by atoms with Crippen LogP contribution >= 0.6 is 0 Å². The Balaban J connectivity index is 1.69. The fraction of sp³-hybridized carbons (Fsp3) is 0.535. The Morgan fingerprint density at radius 2 is 1.41 bits per heavy atom. The molecule has 2 aliphatic heterocycles. The van der Waals surface area contributed by atoms with Gasteiger partial charge in [-0.25, -0.2) is 8.42 Å². The van der Waals surface area contributed by atoms with Gasteiger partial charge in [0.25, 0.3) is 20.2 Å². The Bertz CT molecular complexity index is 2380. The predicted molar refractivity (Wildman–Crippen MR) is 235 cm³/mol. The molecular formula is C43H60N2O15S3. The number of fused-ring (bicyclic) bond motifs is 2. The van der Waals surface area contributed by atoms with Crippen LogP contribution in [0, 0.1) is 0 Å². The number of unbranched alkanes of at least 4 members (excludes halogenated alkanes) is 2. The highest BCUT2D eigenvalue weighted by Crippen LogP contribution is 2.51. The Kier molecular flexibility index (Phi) is 18.8. The summed E-state index contributed by atoms with van der Waals surface area (Å²) >= 11 is 0. The number of ether oxygens (including phenoxy) is 4. The van der Waals surface area contributed by atoms with Gasteiger partial charge >= 0.3 is 5.97 Å². The summed E-state index contributed by atoms with van der Waals surface area (Å²) in [6.45, 7) is 9.28. The Morgan fingerprint density at radius 1 is 0.778 bits per heavy atom. The molecule has 3 N–H and O–H groups in total. The van der Waals surface area contributed by atoms with E-state index >= 15 is 0 Å². The molecule has 0 bridgehead atoms. The Hall–Kier alpha value is -3.83. The molecule has 2 aliphatic rings. The molecule has 20 heteroatoms. The van der Waals surface area contributed by atoms with Crippen molar-refractivity contribution in [2.45, 2.75) is 86.3 Å². The zero-order valence-electron chi connectivity index (χ0n) is 36.2. The van der Waals surface area contributed by atoms with Crippen LogP contribution in [0.15, 0.2) is 82.3 Å². The summed E-state index contributed by atoms with van der Waals surface area (Å²) in [4.78, 5) is 12.5. The van der Waals surface area contributed by atoms with Crippen molar-refractivity contribution in [2.24, 2.45) is 0 Å². The van der Waals surface area contributed by atoms with Gasteiger partial charge in [0.1, 0.15) is 16.7 Å². The third-order valence-corrected chi connectivity index (χ3v) is 13.8. The zero-order valence-corrected chi connectivity index (χ0v) is 38.7. The third-order valence-electron chi connectivity index (χ3n) is 11.3. The van der Waals surface area contributed by atoms with Gasteiger partial charge in [-0.2, -0.15) is 21.4 Å². The molecule has 4 rings (SSSR count). The van der Waals surface area contributed by atoms with Crippen LogP contribution in [0.3, 0.4) is 0 Å². The largest absolute Gasteiger partial charge is 0.744 e. The van der Waals surface area contributed by atoms with E-state index < -0.39 is 57.8 Å². The molecule has 0 saturated carbocycles. The number of allylic oxidation sites excluding steroid dienone is 6. The van der Waals surface area contributed by atoms with E-state index in [9.17, 15) is 48.8 Å². The monoisotopic (exact) mass is 940 g/mol. The number of rotatable bonds is 28. The normalized spacial score (nSPS) is 19.9. The highest BCUT2D eigenvalue weighted by atomic mass is 32.2. The van der Waals surface area contributed by atoms with Gasteiger partial charge in [-0.15, -0.1) is 0 Å². The lowest BCUT2D eigenvalue weighted by molar-refractivity contribution is -0.438. The van der Waals surface area contributed by atoms with Gasteiger partial charge in [0.05, 0.1) is 60.6 Å². The van der Waals surface area contributed by atoms with Crippen molar-refractivity contribution in [1.82, 2.24) is 0 Å². The van der Waals surface area contributed by atoms with E-state index in [1.807, 2.05) is 43.9 Å². The van der Waals surface area contributed by atoms with Crippen molar-refractivity contribution in [3.8, 4) is 0 Å². The first kappa shape index (κ1) is 51.8. The molecule has 2 unspecified atom stereocenters. The molecule has 0 aliphatic carbocycles. The highest BCUT2D eigenvalue weighted by molar-refractivity contribution is 7.86. The third kappa shape index (κ3) is 14.1. The van der Waals surface area contributed by atoms with Gasteiger partial charge in [-0.3, -0.25) is 13.9 Å². The summed E-state index contributed by atoms with van der Waals surface area (Å²) in [6.07, 6.45) is 11.6. The number of anilines is 1. The zero-order chi connectivity index (χ0) is 46.5. The summed E-state index contributed by atoms with van der Waals surface area (Å²) in [6, 6.07) is 8.61. The SMILES string of the molecule is CCN1/C(=C/C=C/C=C/C2=[N+](CCCCCC(=O)O)c3ccc(S(=O)(=O)O)cc3C2(C)CCOCCOCCOCCOC)C(C)(CCCS(=O)(=O)O)c2cc(S(=O)(=O)[O-])ccc21. The van der Waals surface area contributed by atoms with E-state index in [1.54, 1.807) is 31.4 Å². The topological polar surface area (TPSA) is 246 Å². The maximum atomic E-state index is 12.4. The quantitative estimate of drug-likeness (QED) is 0.0419. The molecule has 0 aromatic heterocycles. The van der Waals surface area contributed by atoms with Crippen LogP contribution in [-0.4, -0.2) is 132 Å². The maximum absolute atomic E-state index is 12.4. The number of carboxylic acids is 1. The van der Waals surface area contributed by atoms with Crippen LogP contribution in [0.5, 0.6) is 0 Å². The predicted octanol–water partition coefficient (Wildman–Crippen LogP) is 5.39. The molecule has 2 atom stereocenters. The van der Waals surface area contributed by atoms with Crippen LogP contribution in [0.2, 0.25) is 0 Å². The maximum Gasteiger partial charge on any atom is 0.303 e. The molecule has 350 valence electrons. The molecule has 0 amide bonds. The van der Waals surface area contributed by atoms with E-state index in [-0.39, 0.29) is 30.8 Å². The Labute approximate surface area is 371 Å². The summed E-state index contributed by atoms with van der Waals surface area (Å²) in [7, 11) is -12.1. The van der Waals surface area contributed by atoms with Gasteiger partial charge in [-0.05, 0) is 94.8 Å². The number of carboxylic acid groups (broad SMARTS) is 1. The number of methoxy groups -OCH3 is 1. The van der Waals surface area contributed by atoms with Gasteiger partial charge in [-0.1, -0.05) is 18.2 Å². The van der Waals surface area contributed by atoms with Crippen molar-refractivity contribution in [2.75, 3.05) is 77.1 Å². The van der Waals surface area contributed by atoms with Crippen LogP contribution in [0.4, 0.5) is 11.4 Å². The first-order valence-electron chi connectivity index (χ1n) is 20.8. The van der Waals surface area contributed by atoms with Crippen LogP contribution in [0.25, 0.3) is 0 Å². The summed E-state index contributed by atoms with van der Waals surface area (Å²) in [5.74, 6) is -1.40. The van der Waals surface area contributed by atoms with Gasteiger partial charge in [0.15, 0.2) is 5.71 Å². The fourth-order valence-corrected chi connectivity index (χ4v) is 9.65. The fourth-order valence-electron chi connectivity index (χ4n) is 8.14. The number of aliphatic carboxylic acids is 1. The molecule has 2 aromatic rings. The highest BCUT2D eigenvalue weighted by Gasteiger charge is 2.48. The average Bonchev–Trinajstić information content (AvgIpc) is 3.58. The number of likely N-dealkylation sites (N-methyl/N-ethyl adjacent to an activating group) is 1. The van der Waals surface area contributed by atoms with Crippen LogP contribution in [-0.2, 0) is 64.9 Å². The van der Waals surface area contributed by atoms with Crippen molar-refractivity contribution >= 4 is 53.4 Å². The van der Waals surface area contributed by atoms with Crippen molar-refractivity contribution in [3.63, 3.8) is 0 Å². The first-order chi connectivity index (χ1) is 29.7. The number of hydrogen-bond donors (Lipinski definition) is 3. The van der Waals surface area contributed by atoms with Gasteiger partial charge in [0.2, 0.25) is 5.69 Å². The number of nitrogens with zero attached hydrogens (tertiary/aromatic N) is 2. The first-order valence-corrected chi connectivity index (χ1v) is 25.2. The molecule has 63 heavy (non-hydrogen) atoms. The van der Waals surface area contributed by atoms with E-state index in [2.05, 4.69) is 4.58 Å². The second kappa shape index (κ2) is 22.9. The second-order valence-corrected chi connectivity index (χ2v) is 20.1. The van der Waals surface area contributed by atoms with Gasteiger partial charge < -0.3 is 33.5 Å². The molecule has 2 aromatic carbocycles. The van der Waals surface area contributed by atoms with E-state index in [0.29, 0.717) is 101 Å². The molecule has 2 heterocycles. The van der Waals surface area contributed by atoms with Crippen LogP contribution in [0.1, 0.15) is 76.8 Å². The molecule has 0 radical (unpaired) electrons. The lowest BCUT2D eigenvalue weighted by atomic mass is 9.76. The van der Waals surface area contributed by atoms with E-state index in [1.165, 1.54) is 24.3 Å². The van der Waals surface area contributed by atoms with Crippen molar-refractivity contribution < 1.29 is 72.3 Å². The lowest BCUT2D eigenvalue weighted by Crippen LogP contribution is -2.33. The molecule has 0 spiro atoms. The van der Waals surface area contributed by atoms with Crippen molar-refractivity contribution in [1.29, 1.82) is 0 Å². The summed E-state index contributed by atoms with van der Waals surface area (Å²) < 4.78 is 128. The molecule has 0 fully saturated rings. The van der Waals surface area contributed by atoms with E-state index in [4.69, 9.17) is 18.9 Å². The van der Waals surface area contributed by atoms with E-state index in [0.717, 1.165) is 11.4 Å². The second-order valence-electron chi connectivity index (χ2n) is 15.7.